The molecule has 0 spiro atoms. The molecular formula is C18H17N3O2. The number of aromatic nitrogens is 2. The summed E-state index contributed by atoms with van der Waals surface area (Å²) in [7, 11) is 0. The Labute approximate surface area is 134 Å². The van der Waals surface area contributed by atoms with E-state index < -0.39 is 0 Å². The Bertz CT molecular complexity index is 727. The Hall–Kier alpha value is -2.95. The molecule has 116 valence electrons. The summed E-state index contributed by atoms with van der Waals surface area (Å²) in [6.07, 6.45) is 5.08. The molecule has 0 radical (unpaired) electrons. The van der Waals surface area contributed by atoms with Crippen LogP contribution in [0, 0.1) is 0 Å². The highest BCUT2D eigenvalue weighted by atomic mass is 16.3. The van der Waals surface area contributed by atoms with E-state index in [1.807, 2.05) is 42.5 Å². The van der Waals surface area contributed by atoms with Crippen LogP contribution in [0.15, 0.2) is 71.7 Å². The molecule has 1 unspecified atom stereocenters. The van der Waals surface area contributed by atoms with Crippen molar-refractivity contribution in [3.8, 4) is 0 Å². The highest BCUT2D eigenvalue weighted by molar-refractivity contribution is 5.77. The summed E-state index contributed by atoms with van der Waals surface area (Å²) in [5.41, 5.74) is 1.84. The van der Waals surface area contributed by atoms with Crippen LogP contribution in [0.5, 0.6) is 0 Å². The molecule has 0 aliphatic heterocycles. The zero-order valence-corrected chi connectivity index (χ0v) is 12.6. The van der Waals surface area contributed by atoms with E-state index in [1.54, 1.807) is 18.5 Å². The fourth-order valence-corrected chi connectivity index (χ4v) is 2.43. The van der Waals surface area contributed by atoms with Gasteiger partial charge in [-0.1, -0.05) is 30.3 Å². The maximum atomic E-state index is 12.3. The van der Waals surface area contributed by atoms with E-state index >= 15 is 0 Å². The number of carbonyl (C=O) groups excluding carboxylic acids is 1. The van der Waals surface area contributed by atoms with E-state index in [2.05, 4.69) is 15.3 Å². The molecule has 0 saturated heterocycles. The van der Waals surface area contributed by atoms with Crippen molar-refractivity contribution < 1.29 is 9.21 Å². The maximum Gasteiger partial charge on any atom is 0.221 e. The lowest BCUT2D eigenvalue weighted by molar-refractivity contribution is -0.121. The minimum Gasteiger partial charge on any atom is -0.469 e. The molecule has 3 aromatic rings. The van der Waals surface area contributed by atoms with Crippen LogP contribution in [0.2, 0.25) is 0 Å². The molecular weight excluding hydrogens is 290 g/mol. The van der Waals surface area contributed by atoms with Gasteiger partial charge in [0.1, 0.15) is 12.1 Å². The summed E-state index contributed by atoms with van der Waals surface area (Å²) < 4.78 is 5.51. The summed E-state index contributed by atoms with van der Waals surface area (Å²) in [5, 5.41) is 2.89. The number of hydrogen-bond acceptors (Lipinski definition) is 4. The maximum absolute atomic E-state index is 12.3. The van der Waals surface area contributed by atoms with E-state index in [4.69, 9.17) is 4.42 Å². The molecule has 0 saturated carbocycles. The number of furan rings is 1. The predicted molar refractivity (Wildman–Crippen MR) is 85.5 cm³/mol. The lowest BCUT2D eigenvalue weighted by atomic mass is 9.93. The summed E-state index contributed by atoms with van der Waals surface area (Å²) in [6.45, 7) is 0.390. The Morgan fingerprint density at radius 1 is 1.13 bits per heavy atom. The standard InChI is InChI=1S/C18H17N3O2/c22-18(20-12-15-8-9-19-13-21-15)11-16(17-7-4-10-23-17)14-5-2-1-3-6-14/h1-10,13,16H,11-12H2,(H,20,22). The zero-order chi connectivity index (χ0) is 15.9. The van der Waals surface area contributed by atoms with Crippen molar-refractivity contribution in [2.45, 2.75) is 18.9 Å². The van der Waals surface area contributed by atoms with Gasteiger partial charge in [-0.3, -0.25) is 4.79 Å². The zero-order valence-electron chi connectivity index (χ0n) is 12.6. The predicted octanol–water partition coefficient (Wildman–Crippen LogP) is 2.91. The second-order valence-corrected chi connectivity index (χ2v) is 5.16. The van der Waals surface area contributed by atoms with Gasteiger partial charge in [0, 0.05) is 12.6 Å². The first-order chi connectivity index (χ1) is 11.3. The van der Waals surface area contributed by atoms with E-state index in [1.165, 1.54) is 6.33 Å². The fraction of sp³-hybridized carbons (Fsp3) is 0.167. The van der Waals surface area contributed by atoms with Gasteiger partial charge in [-0.15, -0.1) is 0 Å². The monoisotopic (exact) mass is 307 g/mol. The molecule has 0 aliphatic carbocycles. The lowest BCUT2D eigenvalue weighted by Gasteiger charge is -2.15. The number of carbonyl (C=O) groups is 1. The molecule has 5 nitrogen and oxygen atoms in total. The second-order valence-electron chi connectivity index (χ2n) is 5.16. The average Bonchev–Trinajstić information content (AvgIpc) is 3.14. The third kappa shape index (κ3) is 4.03. The first-order valence-corrected chi connectivity index (χ1v) is 7.43. The number of benzene rings is 1. The highest BCUT2D eigenvalue weighted by Gasteiger charge is 2.20. The van der Waals surface area contributed by atoms with Crippen molar-refractivity contribution in [2.75, 3.05) is 0 Å². The summed E-state index contributed by atoms with van der Waals surface area (Å²) in [5.74, 6) is 0.638. The van der Waals surface area contributed by atoms with E-state index in [0.717, 1.165) is 17.0 Å². The van der Waals surface area contributed by atoms with Crippen molar-refractivity contribution >= 4 is 5.91 Å². The largest absolute Gasteiger partial charge is 0.469 e. The quantitative estimate of drug-likeness (QED) is 0.760. The van der Waals surface area contributed by atoms with E-state index in [9.17, 15) is 4.79 Å². The van der Waals surface area contributed by atoms with Gasteiger partial charge < -0.3 is 9.73 Å². The Morgan fingerprint density at radius 3 is 2.70 bits per heavy atom. The smallest absolute Gasteiger partial charge is 0.221 e. The molecule has 2 heterocycles. The molecule has 1 atom stereocenters. The third-order valence-corrected chi connectivity index (χ3v) is 3.59. The van der Waals surface area contributed by atoms with Crippen molar-refractivity contribution in [3.05, 3.63) is 84.3 Å². The van der Waals surface area contributed by atoms with Crippen LogP contribution in [-0.2, 0) is 11.3 Å². The van der Waals surface area contributed by atoms with Crippen LogP contribution in [0.4, 0.5) is 0 Å². The van der Waals surface area contributed by atoms with Crippen molar-refractivity contribution in [2.24, 2.45) is 0 Å². The van der Waals surface area contributed by atoms with Crippen molar-refractivity contribution in [3.63, 3.8) is 0 Å². The molecule has 2 aromatic heterocycles. The van der Waals surface area contributed by atoms with Gasteiger partial charge in [0.15, 0.2) is 0 Å². The van der Waals surface area contributed by atoms with Crippen LogP contribution in [0.25, 0.3) is 0 Å². The van der Waals surface area contributed by atoms with E-state index in [-0.39, 0.29) is 11.8 Å². The first-order valence-electron chi connectivity index (χ1n) is 7.43. The van der Waals surface area contributed by atoms with Crippen LogP contribution in [-0.4, -0.2) is 15.9 Å². The molecule has 0 bridgehead atoms. The first kappa shape index (κ1) is 15.0. The SMILES string of the molecule is O=C(CC(c1ccccc1)c1ccco1)NCc1ccncn1. The minimum absolute atomic E-state index is 0.0473. The summed E-state index contributed by atoms with van der Waals surface area (Å²) >= 11 is 0. The normalized spacial score (nSPS) is 11.8. The lowest BCUT2D eigenvalue weighted by Crippen LogP contribution is -2.25. The summed E-state index contributed by atoms with van der Waals surface area (Å²) in [4.78, 5) is 20.3. The average molecular weight is 307 g/mol. The highest BCUT2D eigenvalue weighted by Crippen LogP contribution is 2.28. The number of rotatable bonds is 6. The van der Waals surface area contributed by atoms with Gasteiger partial charge >= 0.3 is 0 Å². The minimum atomic E-state index is -0.100. The van der Waals surface area contributed by atoms with Crippen LogP contribution in [0.3, 0.4) is 0 Å². The third-order valence-electron chi connectivity index (χ3n) is 3.59. The van der Waals surface area contributed by atoms with Gasteiger partial charge in [-0.05, 0) is 23.8 Å². The number of nitrogens with one attached hydrogen (secondary N) is 1. The number of nitrogens with zero attached hydrogens (tertiary/aromatic N) is 2. The summed E-state index contributed by atoms with van der Waals surface area (Å²) in [6, 6.07) is 15.4. The molecule has 23 heavy (non-hydrogen) atoms. The van der Waals surface area contributed by atoms with Crippen LogP contribution in [0.1, 0.15) is 29.4 Å². The van der Waals surface area contributed by atoms with Crippen LogP contribution < -0.4 is 5.32 Å². The van der Waals surface area contributed by atoms with Gasteiger partial charge in [0.25, 0.3) is 0 Å². The Balaban J connectivity index is 1.68. The van der Waals surface area contributed by atoms with E-state index in [0.29, 0.717) is 13.0 Å². The molecule has 1 amide bonds. The molecule has 3 rings (SSSR count). The molecule has 1 aromatic carbocycles. The number of hydrogen-bond donors (Lipinski definition) is 1. The molecule has 1 N–H and O–H groups in total. The fourth-order valence-electron chi connectivity index (χ4n) is 2.43. The molecule has 0 aliphatic rings. The second kappa shape index (κ2) is 7.35. The van der Waals surface area contributed by atoms with Crippen molar-refractivity contribution in [1.29, 1.82) is 0 Å². The van der Waals surface area contributed by atoms with Gasteiger partial charge in [0.2, 0.25) is 5.91 Å². The Kier molecular flexibility index (Phi) is 4.79. The molecule has 0 fully saturated rings. The Morgan fingerprint density at radius 2 is 2.00 bits per heavy atom. The van der Waals surface area contributed by atoms with Gasteiger partial charge in [-0.2, -0.15) is 0 Å². The van der Waals surface area contributed by atoms with Gasteiger partial charge in [0.05, 0.1) is 24.4 Å². The molecule has 5 heteroatoms. The topological polar surface area (TPSA) is 68.0 Å². The van der Waals surface area contributed by atoms with Gasteiger partial charge in [-0.25, -0.2) is 9.97 Å². The van der Waals surface area contributed by atoms with Crippen LogP contribution >= 0.6 is 0 Å². The number of amides is 1. The van der Waals surface area contributed by atoms with Crippen molar-refractivity contribution in [1.82, 2.24) is 15.3 Å².